The van der Waals surface area contributed by atoms with Crippen molar-refractivity contribution in [2.24, 2.45) is 0 Å². The molecule has 0 aliphatic heterocycles. The highest BCUT2D eigenvalue weighted by molar-refractivity contribution is 9.10. The molecule has 1 amide bonds. The molecule has 0 fully saturated rings. The zero-order valence-electron chi connectivity index (χ0n) is 12.7. The molecule has 21 heavy (non-hydrogen) atoms. The SMILES string of the molecule is C=CCNC(=O)COc1c(C)cc(Br)cc1CNCCC. The second-order valence-electron chi connectivity index (χ2n) is 4.77. The van der Waals surface area contributed by atoms with Crippen molar-refractivity contribution in [3.8, 4) is 5.75 Å². The molecule has 1 rings (SSSR count). The number of nitrogens with one attached hydrogen (secondary N) is 2. The Balaban J connectivity index is 2.73. The molecule has 0 aromatic heterocycles. The number of hydrogen-bond donors (Lipinski definition) is 2. The predicted molar refractivity (Wildman–Crippen MR) is 89.6 cm³/mol. The molecular formula is C16H23BrN2O2. The van der Waals surface area contributed by atoms with Crippen LogP contribution in [0.1, 0.15) is 24.5 Å². The number of aryl methyl sites for hydroxylation is 1. The van der Waals surface area contributed by atoms with Crippen molar-refractivity contribution in [1.82, 2.24) is 10.6 Å². The lowest BCUT2D eigenvalue weighted by atomic mass is 10.1. The Hall–Kier alpha value is -1.33. The summed E-state index contributed by atoms with van der Waals surface area (Å²) in [5, 5.41) is 6.05. The summed E-state index contributed by atoms with van der Waals surface area (Å²) in [7, 11) is 0. The minimum absolute atomic E-state index is 0.0110. The van der Waals surface area contributed by atoms with Crippen molar-refractivity contribution in [1.29, 1.82) is 0 Å². The smallest absolute Gasteiger partial charge is 0.258 e. The van der Waals surface area contributed by atoms with Crippen LogP contribution in [0.5, 0.6) is 5.75 Å². The molecule has 0 saturated carbocycles. The molecule has 5 heteroatoms. The maximum absolute atomic E-state index is 11.6. The van der Waals surface area contributed by atoms with Crippen LogP contribution in [0.2, 0.25) is 0 Å². The second-order valence-corrected chi connectivity index (χ2v) is 5.68. The van der Waals surface area contributed by atoms with E-state index in [0.29, 0.717) is 6.54 Å². The topological polar surface area (TPSA) is 50.4 Å². The third kappa shape index (κ3) is 6.31. The van der Waals surface area contributed by atoms with Gasteiger partial charge in [0.2, 0.25) is 0 Å². The molecule has 0 radical (unpaired) electrons. The van der Waals surface area contributed by atoms with E-state index in [1.165, 1.54) is 0 Å². The summed E-state index contributed by atoms with van der Waals surface area (Å²) in [6.45, 7) is 9.80. The van der Waals surface area contributed by atoms with E-state index in [-0.39, 0.29) is 12.5 Å². The normalized spacial score (nSPS) is 10.2. The Morgan fingerprint density at radius 3 is 2.90 bits per heavy atom. The van der Waals surface area contributed by atoms with Crippen LogP contribution < -0.4 is 15.4 Å². The van der Waals surface area contributed by atoms with Gasteiger partial charge in [-0.3, -0.25) is 4.79 Å². The first-order valence-electron chi connectivity index (χ1n) is 7.08. The Morgan fingerprint density at radius 1 is 1.48 bits per heavy atom. The minimum Gasteiger partial charge on any atom is -0.483 e. The van der Waals surface area contributed by atoms with Gasteiger partial charge in [0.05, 0.1) is 0 Å². The summed E-state index contributed by atoms with van der Waals surface area (Å²) in [4.78, 5) is 11.6. The first-order chi connectivity index (χ1) is 10.1. The zero-order valence-corrected chi connectivity index (χ0v) is 14.3. The molecule has 1 aromatic rings. The highest BCUT2D eigenvalue weighted by atomic mass is 79.9. The second kappa shape index (κ2) is 9.58. The van der Waals surface area contributed by atoms with Gasteiger partial charge in [-0.15, -0.1) is 6.58 Å². The van der Waals surface area contributed by atoms with Crippen molar-refractivity contribution in [3.63, 3.8) is 0 Å². The van der Waals surface area contributed by atoms with E-state index in [9.17, 15) is 4.79 Å². The Morgan fingerprint density at radius 2 is 2.24 bits per heavy atom. The molecule has 4 nitrogen and oxygen atoms in total. The van der Waals surface area contributed by atoms with E-state index in [4.69, 9.17) is 4.74 Å². The first-order valence-corrected chi connectivity index (χ1v) is 7.87. The van der Waals surface area contributed by atoms with Crippen LogP contribution in [-0.2, 0) is 11.3 Å². The number of ether oxygens (including phenoxy) is 1. The molecule has 0 saturated heterocycles. The first kappa shape index (κ1) is 17.7. The van der Waals surface area contributed by atoms with Gasteiger partial charge in [-0.05, 0) is 37.6 Å². The van der Waals surface area contributed by atoms with Crippen LogP contribution in [-0.4, -0.2) is 25.6 Å². The summed E-state index contributed by atoms with van der Waals surface area (Å²) in [6, 6.07) is 4.01. The highest BCUT2D eigenvalue weighted by Gasteiger charge is 2.11. The molecule has 0 atom stereocenters. The van der Waals surface area contributed by atoms with Gasteiger partial charge >= 0.3 is 0 Å². The molecule has 0 aliphatic rings. The molecule has 0 heterocycles. The monoisotopic (exact) mass is 354 g/mol. The minimum atomic E-state index is -0.148. The quantitative estimate of drug-likeness (QED) is 0.529. The van der Waals surface area contributed by atoms with Gasteiger partial charge in [-0.1, -0.05) is 28.9 Å². The highest BCUT2D eigenvalue weighted by Crippen LogP contribution is 2.28. The molecule has 0 unspecified atom stereocenters. The van der Waals surface area contributed by atoms with Gasteiger partial charge in [0, 0.05) is 23.1 Å². The van der Waals surface area contributed by atoms with Gasteiger partial charge in [0.1, 0.15) is 5.75 Å². The fourth-order valence-corrected chi connectivity index (χ4v) is 2.53. The Kier molecular flexibility index (Phi) is 8.08. The van der Waals surface area contributed by atoms with Gasteiger partial charge < -0.3 is 15.4 Å². The molecule has 0 aliphatic carbocycles. The Labute approximate surface area is 135 Å². The number of halogens is 1. The van der Waals surface area contributed by atoms with Crippen LogP contribution in [0.4, 0.5) is 0 Å². The molecule has 1 aromatic carbocycles. The number of amides is 1. The van der Waals surface area contributed by atoms with E-state index in [2.05, 4.69) is 40.1 Å². The predicted octanol–water partition coefficient (Wildman–Crippen LogP) is 2.94. The van der Waals surface area contributed by atoms with E-state index < -0.39 is 0 Å². The van der Waals surface area contributed by atoms with Crippen molar-refractivity contribution in [3.05, 3.63) is 40.4 Å². The van der Waals surface area contributed by atoms with E-state index >= 15 is 0 Å². The lowest BCUT2D eigenvalue weighted by molar-refractivity contribution is -0.122. The standard InChI is InChI=1S/C16H23BrN2O2/c1-4-6-18-10-13-9-14(17)8-12(3)16(13)21-11-15(20)19-7-5-2/h5,8-9,18H,2,4,6-7,10-11H2,1,3H3,(H,19,20). The zero-order chi connectivity index (χ0) is 15.7. The number of carbonyl (C=O) groups excluding carboxylic acids is 1. The average molecular weight is 355 g/mol. The fourth-order valence-electron chi connectivity index (χ4n) is 1.91. The van der Waals surface area contributed by atoms with Crippen LogP contribution >= 0.6 is 15.9 Å². The van der Waals surface area contributed by atoms with Crippen LogP contribution in [0.25, 0.3) is 0 Å². The third-order valence-electron chi connectivity index (χ3n) is 2.85. The summed E-state index contributed by atoms with van der Waals surface area (Å²) in [5.74, 6) is 0.625. The molecule has 0 bridgehead atoms. The van der Waals surface area contributed by atoms with Crippen molar-refractivity contribution >= 4 is 21.8 Å². The molecule has 2 N–H and O–H groups in total. The number of carbonyl (C=O) groups is 1. The summed E-state index contributed by atoms with van der Waals surface area (Å²) >= 11 is 3.50. The molecule has 0 spiro atoms. The molecular weight excluding hydrogens is 332 g/mol. The van der Waals surface area contributed by atoms with Gasteiger partial charge in [0.15, 0.2) is 6.61 Å². The van der Waals surface area contributed by atoms with Gasteiger partial charge in [-0.2, -0.15) is 0 Å². The van der Waals surface area contributed by atoms with E-state index in [1.54, 1.807) is 6.08 Å². The summed E-state index contributed by atoms with van der Waals surface area (Å²) in [5.41, 5.74) is 2.06. The Bertz CT molecular complexity index is 489. The van der Waals surface area contributed by atoms with E-state index in [1.807, 2.05) is 19.1 Å². The lowest BCUT2D eigenvalue weighted by Crippen LogP contribution is -2.29. The van der Waals surface area contributed by atoms with Crippen LogP contribution in [0.3, 0.4) is 0 Å². The summed E-state index contributed by atoms with van der Waals surface area (Å²) < 4.78 is 6.72. The van der Waals surface area contributed by atoms with Crippen molar-refractivity contribution in [2.75, 3.05) is 19.7 Å². The lowest BCUT2D eigenvalue weighted by Gasteiger charge is -2.15. The van der Waals surface area contributed by atoms with Crippen LogP contribution in [0, 0.1) is 6.92 Å². The average Bonchev–Trinajstić information content (AvgIpc) is 2.44. The maximum atomic E-state index is 11.6. The maximum Gasteiger partial charge on any atom is 0.258 e. The van der Waals surface area contributed by atoms with Crippen molar-refractivity contribution in [2.45, 2.75) is 26.8 Å². The van der Waals surface area contributed by atoms with E-state index in [0.717, 1.165) is 40.9 Å². The summed E-state index contributed by atoms with van der Waals surface area (Å²) in [6.07, 6.45) is 2.72. The van der Waals surface area contributed by atoms with Gasteiger partial charge in [-0.25, -0.2) is 0 Å². The number of benzene rings is 1. The van der Waals surface area contributed by atoms with Gasteiger partial charge in [0.25, 0.3) is 5.91 Å². The van der Waals surface area contributed by atoms with Crippen LogP contribution in [0.15, 0.2) is 29.3 Å². The number of hydrogen-bond acceptors (Lipinski definition) is 3. The fraction of sp³-hybridized carbons (Fsp3) is 0.438. The van der Waals surface area contributed by atoms with Crippen molar-refractivity contribution < 1.29 is 9.53 Å². The number of rotatable bonds is 9. The largest absolute Gasteiger partial charge is 0.483 e. The third-order valence-corrected chi connectivity index (χ3v) is 3.31. The molecule has 116 valence electrons.